The Kier molecular flexibility index (Phi) is 7.79. The van der Waals surface area contributed by atoms with Gasteiger partial charge >= 0.3 is 0 Å². The van der Waals surface area contributed by atoms with Crippen LogP contribution in [0.3, 0.4) is 0 Å². The molecule has 61 heavy (non-hydrogen) atoms. The molecule has 2 heterocycles. The third kappa shape index (κ3) is 5.36. The van der Waals surface area contributed by atoms with E-state index in [1.807, 2.05) is 6.07 Å². The largest absolute Gasteiger partial charge is 0.457 e. The normalized spacial score (nSPS) is 22.0. The summed E-state index contributed by atoms with van der Waals surface area (Å²) in [4.78, 5) is 2.45. The monoisotopic (exact) mass is 787 g/mol. The van der Waals surface area contributed by atoms with Crippen LogP contribution in [0, 0.1) is 23.7 Å². The number of hydrogen-bond donors (Lipinski definition) is 0. The number of anilines is 3. The van der Waals surface area contributed by atoms with Crippen molar-refractivity contribution in [3.8, 4) is 44.9 Å². The lowest BCUT2D eigenvalue weighted by atomic mass is 9.42. The summed E-state index contributed by atoms with van der Waals surface area (Å²) in [7, 11) is 0. The summed E-state index contributed by atoms with van der Waals surface area (Å²) in [5.74, 6) is 5.08. The SMILES string of the molecule is c1ccc(-c2ccc(N(c3ccc(-c4ccccc4-c4cccc5oc6ccccc6c45)cc3)c3ccc4c(c3)C3(c5ccccc5O4)C4CC5CC(C4)CC3C5)cc2)cc1. The van der Waals surface area contributed by atoms with E-state index < -0.39 is 0 Å². The van der Waals surface area contributed by atoms with Crippen LogP contribution in [-0.2, 0) is 5.41 Å². The maximum absolute atomic E-state index is 6.85. The first-order chi connectivity index (χ1) is 30.2. The fourth-order valence-electron chi connectivity index (χ4n) is 12.7. The number of rotatable bonds is 6. The van der Waals surface area contributed by atoms with Gasteiger partial charge in [0.2, 0.25) is 0 Å². The van der Waals surface area contributed by atoms with Gasteiger partial charge in [0.1, 0.15) is 22.7 Å². The maximum Gasteiger partial charge on any atom is 0.136 e. The van der Waals surface area contributed by atoms with E-state index in [1.165, 1.54) is 76.6 Å². The number of benzene rings is 8. The third-order valence-electron chi connectivity index (χ3n) is 14.9. The zero-order chi connectivity index (χ0) is 40.1. The molecule has 294 valence electrons. The molecule has 0 N–H and O–H groups in total. The van der Waals surface area contributed by atoms with E-state index in [2.05, 4.69) is 187 Å². The van der Waals surface area contributed by atoms with E-state index in [0.717, 1.165) is 62.3 Å². The Hall–Kier alpha value is -6.84. The van der Waals surface area contributed by atoms with Crippen molar-refractivity contribution in [2.45, 2.75) is 37.5 Å². The van der Waals surface area contributed by atoms with Gasteiger partial charge in [0.25, 0.3) is 0 Å². The molecule has 4 aliphatic carbocycles. The standard InChI is InChI=1S/C58H45NO2/c1-2-11-39(12-3-1)40-21-25-44(26-22-40)59(46-29-30-55-52(36-46)58(51-17-7-9-19-54(51)61-55)42-32-37-31-38(34-42)35-43(58)33-37)45-27-23-41(24-28-45)47-13-4-5-14-48(47)49-16-10-20-56-57(49)50-15-6-8-18-53(50)60-56/h1-30,36-38,42-43H,31-35H2. The number of furan rings is 1. The van der Waals surface area contributed by atoms with Gasteiger partial charge in [-0.2, -0.15) is 0 Å². The molecule has 5 aliphatic rings. The lowest BCUT2D eigenvalue weighted by molar-refractivity contribution is -0.0452. The van der Waals surface area contributed by atoms with Crippen LogP contribution in [0.1, 0.15) is 43.2 Å². The average Bonchev–Trinajstić information content (AvgIpc) is 3.70. The molecule has 1 aromatic heterocycles. The number of fused-ring (bicyclic) bond motifs is 5. The van der Waals surface area contributed by atoms with Crippen molar-refractivity contribution < 1.29 is 9.15 Å². The van der Waals surface area contributed by atoms with Crippen LogP contribution in [0.2, 0.25) is 0 Å². The predicted molar refractivity (Wildman–Crippen MR) is 249 cm³/mol. The lowest BCUT2D eigenvalue weighted by Crippen LogP contribution is -2.57. The molecule has 3 heteroatoms. The Balaban J connectivity index is 0.949. The molecule has 4 fully saturated rings. The smallest absolute Gasteiger partial charge is 0.136 e. The minimum absolute atomic E-state index is 0.0345. The third-order valence-corrected chi connectivity index (χ3v) is 14.9. The van der Waals surface area contributed by atoms with E-state index in [-0.39, 0.29) is 5.41 Å². The summed E-state index contributed by atoms with van der Waals surface area (Å²) >= 11 is 0. The predicted octanol–water partition coefficient (Wildman–Crippen LogP) is 15.9. The molecule has 0 radical (unpaired) electrons. The summed E-state index contributed by atoms with van der Waals surface area (Å²) in [6, 6.07) is 68.5. The number of hydrogen-bond acceptors (Lipinski definition) is 3. The number of nitrogens with zero attached hydrogens (tertiary/aromatic N) is 1. The average molecular weight is 788 g/mol. The molecule has 14 rings (SSSR count). The zero-order valence-corrected chi connectivity index (χ0v) is 34.0. The van der Waals surface area contributed by atoms with E-state index in [9.17, 15) is 0 Å². The van der Waals surface area contributed by atoms with Crippen molar-refractivity contribution in [1.82, 2.24) is 0 Å². The second-order valence-corrected chi connectivity index (χ2v) is 18.1. The van der Waals surface area contributed by atoms with Gasteiger partial charge in [0.15, 0.2) is 0 Å². The highest BCUT2D eigenvalue weighted by Gasteiger charge is 2.61. The molecule has 1 aliphatic heterocycles. The molecule has 0 saturated heterocycles. The van der Waals surface area contributed by atoms with Crippen molar-refractivity contribution in [3.63, 3.8) is 0 Å². The van der Waals surface area contributed by atoms with Gasteiger partial charge in [-0.15, -0.1) is 0 Å². The first-order valence-electron chi connectivity index (χ1n) is 22.2. The van der Waals surface area contributed by atoms with Crippen LogP contribution < -0.4 is 9.64 Å². The molecule has 4 saturated carbocycles. The van der Waals surface area contributed by atoms with E-state index in [4.69, 9.17) is 9.15 Å². The summed E-state index contributed by atoms with van der Waals surface area (Å²) in [6.07, 6.45) is 6.72. The second-order valence-electron chi connectivity index (χ2n) is 18.1. The fourth-order valence-corrected chi connectivity index (χ4v) is 12.7. The fraction of sp³-hybridized carbons (Fsp3) is 0.172. The Morgan fingerprint density at radius 3 is 1.75 bits per heavy atom. The molecule has 1 spiro atoms. The quantitative estimate of drug-likeness (QED) is 0.168. The Labute approximate surface area is 356 Å². The van der Waals surface area contributed by atoms with Crippen molar-refractivity contribution in [1.29, 1.82) is 0 Å². The minimum Gasteiger partial charge on any atom is -0.457 e. The van der Waals surface area contributed by atoms with Crippen LogP contribution in [0.5, 0.6) is 11.5 Å². The van der Waals surface area contributed by atoms with E-state index in [0.29, 0.717) is 11.8 Å². The topological polar surface area (TPSA) is 25.6 Å². The molecule has 9 aromatic rings. The zero-order valence-electron chi connectivity index (χ0n) is 34.0. The second kappa shape index (κ2) is 13.6. The summed E-state index contributed by atoms with van der Waals surface area (Å²) < 4.78 is 13.2. The summed E-state index contributed by atoms with van der Waals surface area (Å²) in [6.45, 7) is 0. The van der Waals surface area contributed by atoms with Crippen LogP contribution in [-0.4, -0.2) is 0 Å². The highest BCUT2D eigenvalue weighted by atomic mass is 16.5. The van der Waals surface area contributed by atoms with Gasteiger partial charge in [0, 0.05) is 44.4 Å². The first kappa shape index (κ1) is 35.0. The van der Waals surface area contributed by atoms with Gasteiger partial charge < -0.3 is 14.1 Å². The van der Waals surface area contributed by atoms with Crippen LogP contribution >= 0.6 is 0 Å². The molecule has 3 nitrogen and oxygen atoms in total. The van der Waals surface area contributed by atoms with Crippen LogP contribution in [0.25, 0.3) is 55.3 Å². The highest BCUT2D eigenvalue weighted by molar-refractivity contribution is 6.13. The van der Waals surface area contributed by atoms with Gasteiger partial charge in [-0.3, -0.25) is 0 Å². The molecular formula is C58H45NO2. The van der Waals surface area contributed by atoms with Crippen molar-refractivity contribution >= 4 is 39.0 Å². The maximum atomic E-state index is 6.85. The lowest BCUT2D eigenvalue weighted by Gasteiger charge is -2.63. The van der Waals surface area contributed by atoms with Crippen LogP contribution in [0.15, 0.2) is 192 Å². The molecule has 0 atom stereocenters. The number of para-hydroxylation sites is 2. The molecule has 8 aromatic carbocycles. The van der Waals surface area contributed by atoms with Crippen molar-refractivity contribution in [2.24, 2.45) is 23.7 Å². The summed E-state index contributed by atoms with van der Waals surface area (Å²) in [5.41, 5.74) is 15.2. The molecule has 0 amide bonds. The van der Waals surface area contributed by atoms with E-state index in [1.54, 1.807) is 0 Å². The Morgan fingerprint density at radius 1 is 0.410 bits per heavy atom. The van der Waals surface area contributed by atoms with Gasteiger partial charge in [-0.05, 0) is 150 Å². The van der Waals surface area contributed by atoms with Gasteiger partial charge in [-0.1, -0.05) is 127 Å². The Morgan fingerprint density at radius 2 is 0.984 bits per heavy atom. The highest BCUT2D eigenvalue weighted by Crippen LogP contribution is 2.69. The van der Waals surface area contributed by atoms with Crippen molar-refractivity contribution in [2.75, 3.05) is 4.90 Å². The Bertz CT molecular complexity index is 3100. The van der Waals surface area contributed by atoms with Crippen LogP contribution in [0.4, 0.5) is 17.1 Å². The van der Waals surface area contributed by atoms with E-state index >= 15 is 0 Å². The minimum atomic E-state index is -0.0345. The molecule has 4 bridgehead atoms. The first-order valence-corrected chi connectivity index (χ1v) is 22.2. The molecule has 0 unspecified atom stereocenters. The molecular weight excluding hydrogens is 743 g/mol. The summed E-state index contributed by atoms with van der Waals surface area (Å²) in [5, 5.41) is 2.30. The van der Waals surface area contributed by atoms with Gasteiger partial charge in [-0.25, -0.2) is 0 Å². The number of ether oxygens (including phenoxy) is 1. The van der Waals surface area contributed by atoms with Gasteiger partial charge in [0.05, 0.1) is 0 Å². The van der Waals surface area contributed by atoms with Crippen molar-refractivity contribution in [3.05, 3.63) is 199 Å².